The molecule has 2 aromatic heterocycles. The van der Waals surface area contributed by atoms with Crippen LogP contribution < -0.4 is 16.0 Å². The Bertz CT molecular complexity index is 1380. The minimum atomic E-state index is -0.600. The van der Waals surface area contributed by atoms with Gasteiger partial charge in [0.15, 0.2) is 0 Å². The van der Waals surface area contributed by atoms with Crippen LogP contribution in [-0.2, 0) is 20.8 Å². The average Bonchev–Trinajstić information content (AvgIpc) is 3.61. The van der Waals surface area contributed by atoms with E-state index in [0.717, 1.165) is 36.3 Å². The molecule has 1 fully saturated rings. The highest BCUT2D eigenvalue weighted by molar-refractivity contribution is 5.98. The number of aliphatic imine (C=N–C) groups is 1. The molecule has 3 N–H and O–H groups in total. The molecule has 0 unspecified atom stereocenters. The number of nitrogens with one attached hydrogen (secondary N) is 3. The molecule has 0 bridgehead atoms. The number of methoxy groups -OCH3 is 1. The number of hydrogen-bond acceptors (Lipinski definition) is 10. The average molecular weight is 577 g/mol. The molecule has 0 spiro atoms. The maximum atomic E-state index is 12.7. The van der Waals surface area contributed by atoms with Gasteiger partial charge in [-0.05, 0) is 52.5 Å². The number of amides is 2. The molecule has 2 aliphatic heterocycles. The summed E-state index contributed by atoms with van der Waals surface area (Å²) in [6, 6.07) is 1.43. The van der Waals surface area contributed by atoms with Crippen molar-refractivity contribution in [2.45, 2.75) is 78.0 Å². The number of ether oxygens (including phenoxy) is 2. The third kappa shape index (κ3) is 8.09. The minimum absolute atomic E-state index is 0.154. The lowest BCUT2D eigenvalue weighted by Crippen LogP contribution is -2.47. The van der Waals surface area contributed by atoms with Gasteiger partial charge in [0.25, 0.3) is 0 Å². The van der Waals surface area contributed by atoms with Gasteiger partial charge in [-0.1, -0.05) is 18.8 Å². The molecular weight excluding hydrogens is 536 g/mol. The molecule has 0 aliphatic carbocycles. The second-order valence-corrected chi connectivity index (χ2v) is 11.1. The Labute approximate surface area is 247 Å². The maximum absolute atomic E-state index is 12.7. The van der Waals surface area contributed by atoms with Crippen LogP contribution in [0.1, 0.15) is 76.6 Å². The van der Waals surface area contributed by atoms with E-state index in [9.17, 15) is 9.59 Å². The lowest BCUT2D eigenvalue weighted by atomic mass is 10.2. The minimum Gasteiger partial charge on any atom is -0.481 e. The molecule has 4 heterocycles. The van der Waals surface area contributed by atoms with Crippen LogP contribution in [-0.4, -0.2) is 76.1 Å². The highest BCUT2D eigenvalue weighted by Crippen LogP contribution is 2.24. The number of unbranched alkanes of at least 4 members (excludes halogenated alkanes) is 1. The zero-order valence-electron chi connectivity index (χ0n) is 25.0. The van der Waals surface area contributed by atoms with Crippen LogP contribution in [0.4, 0.5) is 22.2 Å². The molecule has 224 valence electrons. The van der Waals surface area contributed by atoms with Gasteiger partial charge in [0.2, 0.25) is 17.8 Å². The zero-order chi connectivity index (χ0) is 30.1. The number of aromatic nitrogens is 3. The fourth-order valence-electron chi connectivity index (χ4n) is 4.56. The quantitative estimate of drug-likeness (QED) is 0.298. The van der Waals surface area contributed by atoms with Gasteiger partial charge in [-0.15, -0.1) is 0 Å². The molecule has 42 heavy (non-hydrogen) atoms. The van der Waals surface area contributed by atoms with E-state index >= 15 is 0 Å². The van der Waals surface area contributed by atoms with Crippen LogP contribution in [0.5, 0.6) is 0 Å². The van der Waals surface area contributed by atoms with Crippen molar-refractivity contribution in [1.82, 2.24) is 25.2 Å². The molecule has 2 amide bonds. The third-order valence-electron chi connectivity index (χ3n) is 6.54. The second-order valence-electron chi connectivity index (χ2n) is 11.1. The monoisotopic (exact) mass is 576 g/mol. The molecule has 2 aromatic rings. The van der Waals surface area contributed by atoms with Crippen LogP contribution in [0.25, 0.3) is 0 Å². The SMILES string of the molecule is CCCNc1nc(Nc2cnc3c(c2)C(OC)=NC3)ncc1C#CCCCNC(=O)[C@@H]1CCCN1C(=O)OC(C)(C)C. The summed E-state index contributed by atoms with van der Waals surface area (Å²) >= 11 is 0. The second kappa shape index (κ2) is 14.0. The summed E-state index contributed by atoms with van der Waals surface area (Å²) < 4.78 is 10.8. The van der Waals surface area contributed by atoms with Crippen LogP contribution in [0.3, 0.4) is 0 Å². The predicted molar refractivity (Wildman–Crippen MR) is 161 cm³/mol. The van der Waals surface area contributed by atoms with E-state index in [4.69, 9.17) is 9.47 Å². The number of rotatable bonds is 9. The summed E-state index contributed by atoms with van der Waals surface area (Å²) in [5, 5.41) is 9.47. The Hall–Kier alpha value is -4.40. The van der Waals surface area contributed by atoms with Crippen molar-refractivity contribution in [3.8, 4) is 11.8 Å². The Morgan fingerprint density at radius 1 is 1.19 bits per heavy atom. The smallest absolute Gasteiger partial charge is 0.410 e. The number of hydrogen-bond donors (Lipinski definition) is 3. The topological polar surface area (TPSA) is 143 Å². The molecule has 12 nitrogen and oxygen atoms in total. The van der Waals surface area contributed by atoms with E-state index in [-0.39, 0.29) is 5.91 Å². The first-order chi connectivity index (χ1) is 20.2. The summed E-state index contributed by atoms with van der Waals surface area (Å²) in [7, 11) is 1.59. The summed E-state index contributed by atoms with van der Waals surface area (Å²) in [5.74, 6) is 7.80. The zero-order valence-corrected chi connectivity index (χ0v) is 25.0. The Morgan fingerprint density at radius 2 is 2.02 bits per heavy atom. The summed E-state index contributed by atoms with van der Waals surface area (Å²) in [6.45, 7) is 9.78. The summed E-state index contributed by atoms with van der Waals surface area (Å²) in [6.07, 6.45) is 6.57. The number of carbonyl (C=O) groups is 2. The summed E-state index contributed by atoms with van der Waals surface area (Å²) in [5.41, 5.74) is 2.55. The van der Waals surface area contributed by atoms with Crippen LogP contribution >= 0.6 is 0 Å². The molecule has 0 saturated carbocycles. The van der Waals surface area contributed by atoms with Crippen LogP contribution in [0.2, 0.25) is 0 Å². The first-order valence-corrected chi connectivity index (χ1v) is 14.4. The standard InChI is InChI=1S/C30H40N8O4/c1-6-13-31-25-20(17-35-28(37-25)36-21-16-22-23(33-18-21)19-34-27(22)41-5)11-8-7-9-14-32-26(39)24-12-10-15-38(24)29(40)42-30(2,3)4/h16-18,24H,6-7,9-10,12-15,19H2,1-5H3,(H,32,39)(H2,31,35,36,37)/t24-/m0/s1. The maximum Gasteiger partial charge on any atom is 0.410 e. The lowest BCUT2D eigenvalue weighted by Gasteiger charge is -2.28. The van der Waals surface area contributed by atoms with Gasteiger partial charge < -0.3 is 25.4 Å². The number of nitrogens with zero attached hydrogens (tertiary/aromatic N) is 5. The van der Waals surface area contributed by atoms with Gasteiger partial charge in [0, 0.05) is 26.1 Å². The van der Waals surface area contributed by atoms with E-state index in [1.807, 2.05) is 26.8 Å². The van der Waals surface area contributed by atoms with E-state index in [1.54, 1.807) is 19.5 Å². The fraction of sp³-hybridized carbons (Fsp3) is 0.533. The van der Waals surface area contributed by atoms with Crippen molar-refractivity contribution in [2.75, 3.05) is 37.4 Å². The van der Waals surface area contributed by atoms with Crippen molar-refractivity contribution in [3.05, 3.63) is 35.3 Å². The third-order valence-corrected chi connectivity index (χ3v) is 6.54. The Kier molecular flexibility index (Phi) is 10.2. The molecule has 4 rings (SSSR count). The lowest BCUT2D eigenvalue weighted by molar-refractivity contribution is -0.125. The number of carbonyl (C=O) groups excluding carboxylic acids is 2. The molecule has 1 atom stereocenters. The van der Waals surface area contributed by atoms with Gasteiger partial charge in [0.05, 0.1) is 48.6 Å². The number of pyridine rings is 1. The van der Waals surface area contributed by atoms with E-state index in [2.05, 4.69) is 54.7 Å². The largest absolute Gasteiger partial charge is 0.481 e. The van der Waals surface area contributed by atoms with Crippen molar-refractivity contribution in [1.29, 1.82) is 0 Å². The first kappa shape index (κ1) is 30.6. The van der Waals surface area contributed by atoms with Crippen molar-refractivity contribution < 1.29 is 19.1 Å². The van der Waals surface area contributed by atoms with E-state index in [1.165, 1.54) is 4.90 Å². The highest BCUT2D eigenvalue weighted by Gasteiger charge is 2.36. The van der Waals surface area contributed by atoms with Crippen molar-refractivity contribution >= 4 is 35.4 Å². The van der Waals surface area contributed by atoms with Crippen LogP contribution in [0.15, 0.2) is 23.5 Å². The van der Waals surface area contributed by atoms with Gasteiger partial charge in [-0.25, -0.2) is 14.8 Å². The molecule has 0 radical (unpaired) electrons. The molecule has 0 aromatic carbocycles. The molecule has 1 saturated heterocycles. The Balaban J connectivity index is 1.30. The van der Waals surface area contributed by atoms with Gasteiger partial charge in [0.1, 0.15) is 17.5 Å². The Morgan fingerprint density at radius 3 is 2.79 bits per heavy atom. The predicted octanol–water partition coefficient (Wildman–Crippen LogP) is 3.99. The number of anilines is 3. The van der Waals surface area contributed by atoms with Crippen molar-refractivity contribution in [2.24, 2.45) is 4.99 Å². The van der Waals surface area contributed by atoms with Crippen LogP contribution in [0, 0.1) is 11.8 Å². The van der Waals surface area contributed by atoms with Gasteiger partial charge >= 0.3 is 6.09 Å². The first-order valence-electron chi connectivity index (χ1n) is 14.4. The molecule has 2 aliphatic rings. The van der Waals surface area contributed by atoms with Gasteiger partial charge in [-0.2, -0.15) is 4.98 Å². The molecular formula is C30H40N8O4. The fourth-order valence-corrected chi connectivity index (χ4v) is 4.56. The normalized spacial score (nSPS) is 15.7. The van der Waals surface area contributed by atoms with E-state index < -0.39 is 17.7 Å². The molecule has 12 heteroatoms. The van der Waals surface area contributed by atoms with Gasteiger partial charge in [-0.3, -0.25) is 14.7 Å². The van der Waals surface area contributed by atoms with E-state index in [0.29, 0.717) is 62.1 Å². The summed E-state index contributed by atoms with van der Waals surface area (Å²) in [4.78, 5) is 44.6. The number of fused-ring (bicyclic) bond motifs is 1. The van der Waals surface area contributed by atoms with Crippen molar-refractivity contribution in [3.63, 3.8) is 0 Å². The highest BCUT2D eigenvalue weighted by atomic mass is 16.6. The number of likely N-dealkylation sites (tertiary alicyclic amines) is 1.